The molecule has 0 N–H and O–H groups in total. The van der Waals surface area contributed by atoms with E-state index in [0.717, 1.165) is 30.6 Å². The Kier molecular flexibility index (Phi) is 5.39. The summed E-state index contributed by atoms with van der Waals surface area (Å²) in [6, 6.07) is 5.49. The lowest BCUT2D eigenvalue weighted by Crippen LogP contribution is -2.35. The molecule has 1 aliphatic rings. The Morgan fingerprint density at radius 1 is 1.32 bits per heavy atom. The molecular weight excluding hydrogens is 396 g/mol. The molecule has 0 spiro atoms. The van der Waals surface area contributed by atoms with Crippen molar-refractivity contribution >= 4 is 21.4 Å². The lowest BCUT2D eigenvalue weighted by Gasteiger charge is -2.27. The largest absolute Gasteiger partial charge is 0.355 e. The van der Waals surface area contributed by atoms with Crippen molar-refractivity contribution in [3.05, 3.63) is 41.2 Å². The Hall–Kier alpha value is -1.97. The molecule has 1 saturated heterocycles. The Labute approximate surface area is 169 Å². The summed E-state index contributed by atoms with van der Waals surface area (Å²) in [6.07, 6.45) is 5.17. The van der Waals surface area contributed by atoms with Gasteiger partial charge in [0.1, 0.15) is 10.6 Å². The Bertz CT molecular complexity index is 1040. The number of hydrogen-bond acceptors (Lipinski definition) is 6. The minimum atomic E-state index is -3.68. The van der Waals surface area contributed by atoms with Crippen molar-refractivity contribution in [2.45, 2.75) is 57.0 Å². The molecule has 0 aromatic carbocycles. The monoisotopic (exact) mass is 420 g/mol. The van der Waals surface area contributed by atoms with Gasteiger partial charge in [-0.3, -0.25) is 4.68 Å². The van der Waals surface area contributed by atoms with Crippen molar-refractivity contribution < 1.29 is 12.9 Å². The van der Waals surface area contributed by atoms with Crippen molar-refractivity contribution in [1.29, 1.82) is 0 Å². The second-order valence-electron chi connectivity index (χ2n) is 7.01. The zero-order chi connectivity index (χ0) is 19.7. The van der Waals surface area contributed by atoms with Gasteiger partial charge in [0.05, 0.1) is 16.6 Å². The van der Waals surface area contributed by atoms with Crippen LogP contribution in [0.5, 0.6) is 0 Å². The van der Waals surface area contributed by atoms with E-state index in [-0.39, 0.29) is 10.9 Å². The minimum Gasteiger partial charge on any atom is -0.355 e. The van der Waals surface area contributed by atoms with E-state index in [9.17, 15) is 8.42 Å². The third kappa shape index (κ3) is 3.54. The molecule has 4 heterocycles. The van der Waals surface area contributed by atoms with Crippen molar-refractivity contribution in [1.82, 2.24) is 19.2 Å². The topological polar surface area (TPSA) is 81.2 Å². The number of sulfonamides is 1. The number of thiophene rings is 1. The first-order valence-corrected chi connectivity index (χ1v) is 11.9. The summed E-state index contributed by atoms with van der Waals surface area (Å²) in [4.78, 5) is 1.27. The van der Waals surface area contributed by atoms with Crippen LogP contribution in [0.4, 0.5) is 0 Å². The molecule has 3 aromatic heterocycles. The molecule has 0 saturated carbocycles. The van der Waals surface area contributed by atoms with E-state index in [0.29, 0.717) is 30.2 Å². The molecule has 0 aliphatic carbocycles. The lowest BCUT2D eigenvalue weighted by atomic mass is 10.1. The summed E-state index contributed by atoms with van der Waals surface area (Å²) in [5.74, 6) is 0.682. The average Bonchev–Trinajstić information content (AvgIpc) is 3.39. The highest BCUT2D eigenvalue weighted by Gasteiger charge is 2.37. The van der Waals surface area contributed by atoms with E-state index in [2.05, 4.69) is 10.3 Å². The van der Waals surface area contributed by atoms with E-state index in [1.54, 1.807) is 33.4 Å². The number of aromatic nitrogens is 3. The first-order chi connectivity index (χ1) is 13.5. The van der Waals surface area contributed by atoms with Gasteiger partial charge >= 0.3 is 0 Å². The van der Waals surface area contributed by atoms with E-state index >= 15 is 0 Å². The molecule has 3 aromatic rings. The van der Waals surface area contributed by atoms with Gasteiger partial charge in [-0.1, -0.05) is 24.1 Å². The number of aryl methyl sites for hydroxylation is 2. The second-order valence-corrected chi connectivity index (χ2v) is 9.82. The molecular formula is C19H24N4O3S2. The normalized spacial score (nSPS) is 19.0. The predicted octanol–water partition coefficient (Wildman–Crippen LogP) is 4.23. The summed E-state index contributed by atoms with van der Waals surface area (Å²) >= 11 is 1.57. The van der Waals surface area contributed by atoms with Crippen LogP contribution in [0.15, 0.2) is 39.2 Å². The minimum absolute atomic E-state index is 0.281. The van der Waals surface area contributed by atoms with Gasteiger partial charge < -0.3 is 4.52 Å². The van der Waals surface area contributed by atoms with Crippen LogP contribution in [0.1, 0.15) is 50.0 Å². The molecule has 1 aliphatic heterocycles. The van der Waals surface area contributed by atoms with Crippen LogP contribution in [-0.4, -0.2) is 34.2 Å². The fraction of sp³-hybridized carbons (Fsp3) is 0.474. The van der Waals surface area contributed by atoms with Gasteiger partial charge in [-0.25, -0.2) is 8.42 Å². The quantitative estimate of drug-likeness (QED) is 0.617. The van der Waals surface area contributed by atoms with Crippen LogP contribution in [0.3, 0.4) is 0 Å². The molecule has 0 amide bonds. The fourth-order valence-electron chi connectivity index (χ4n) is 3.69. The number of hydrogen-bond donors (Lipinski definition) is 0. The predicted molar refractivity (Wildman–Crippen MR) is 108 cm³/mol. The van der Waals surface area contributed by atoms with E-state index in [1.807, 2.05) is 30.5 Å². The highest BCUT2D eigenvalue weighted by Crippen LogP contribution is 2.36. The van der Waals surface area contributed by atoms with Crippen molar-refractivity contribution in [2.75, 3.05) is 6.54 Å². The van der Waals surface area contributed by atoms with Gasteiger partial charge in [0.25, 0.3) is 0 Å². The molecule has 0 unspecified atom stereocenters. The highest BCUT2D eigenvalue weighted by molar-refractivity contribution is 7.89. The zero-order valence-electron chi connectivity index (χ0n) is 16.0. The maximum Gasteiger partial charge on any atom is 0.247 e. The van der Waals surface area contributed by atoms with Crippen LogP contribution in [0.25, 0.3) is 10.6 Å². The highest BCUT2D eigenvalue weighted by atomic mass is 32.2. The number of rotatable bonds is 5. The maximum atomic E-state index is 13.5. The molecule has 1 atom stereocenters. The summed E-state index contributed by atoms with van der Waals surface area (Å²) in [5, 5.41) is 10.6. The molecule has 4 rings (SSSR count). The van der Waals surface area contributed by atoms with E-state index in [4.69, 9.17) is 4.52 Å². The zero-order valence-corrected chi connectivity index (χ0v) is 17.7. The molecule has 150 valence electrons. The third-order valence-electron chi connectivity index (χ3n) is 5.15. The summed E-state index contributed by atoms with van der Waals surface area (Å²) in [7, 11) is -3.68. The summed E-state index contributed by atoms with van der Waals surface area (Å²) < 4.78 is 35.9. The first kappa shape index (κ1) is 19.4. The average molecular weight is 421 g/mol. The van der Waals surface area contributed by atoms with Gasteiger partial charge in [-0.2, -0.15) is 9.40 Å². The molecule has 9 heteroatoms. The van der Waals surface area contributed by atoms with Gasteiger partial charge in [-0.15, -0.1) is 11.3 Å². The SMILES string of the molecule is CCn1cc(S(=O)(=O)N2CCCCC[C@@H]2c2cc(-c3cccs3)on2)c(C)n1. The molecule has 1 fully saturated rings. The van der Waals surface area contributed by atoms with Gasteiger partial charge in [0.15, 0.2) is 5.76 Å². The van der Waals surface area contributed by atoms with Crippen LogP contribution in [0, 0.1) is 6.92 Å². The molecule has 7 nitrogen and oxygen atoms in total. The molecule has 0 bridgehead atoms. The second kappa shape index (κ2) is 7.81. The lowest BCUT2D eigenvalue weighted by molar-refractivity contribution is 0.308. The smallest absolute Gasteiger partial charge is 0.247 e. The van der Waals surface area contributed by atoms with Crippen molar-refractivity contribution in [3.8, 4) is 10.6 Å². The van der Waals surface area contributed by atoms with Crippen LogP contribution >= 0.6 is 11.3 Å². The standard InChI is InChI=1S/C19H24N4O3S2/c1-3-22-13-19(14(2)20-22)28(24,25)23-10-6-4-5-8-16(23)15-12-17(26-21-15)18-9-7-11-27-18/h7,9,11-13,16H,3-6,8,10H2,1-2H3/t16-/m1/s1. The fourth-order valence-corrected chi connectivity index (χ4v) is 6.20. The third-order valence-corrected chi connectivity index (χ3v) is 8.05. The van der Waals surface area contributed by atoms with Crippen LogP contribution in [0.2, 0.25) is 0 Å². The summed E-state index contributed by atoms with van der Waals surface area (Å²) in [5.41, 5.74) is 1.21. The Balaban J connectivity index is 1.72. The maximum absolute atomic E-state index is 13.5. The van der Waals surface area contributed by atoms with E-state index in [1.165, 1.54) is 0 Å². The van der Waals surface area contributed by atoms with Crippen molar-refractivity contribution in [3.63, 3.8) is 0 Å². The summed E-state index contributed by atoms with van der Waals surface area (Å²) in [6.45, 7) is 4.80. The van der Waals surface area contributed by atoms with E-state index < -0.39 is 10.0 Å². The Morgan fingerprint density at radius 3 is 2.89 bits per heavy atom. The molecule has 28 heavy (non-hydrogen) atoms. The molecule has 0 radical (unpaired) electrons. The Morgan fingerprint density at radius 2 is 2.18 bits per heavy atom. The first-order valence-electron chi connectivity index (χ1n) is 9.57. The van der Waals surface area contributed by atoms with Gasteiger partial charge in [0, 0.05) is 25.4 Å². The van der Waals surface area contributed by atoms with Gasteiger partial charge in [-0.05, 0) is 38.1 Å². The number of nitrogens with zero attached hydrogens (tertiary/aromatic N) is 4. The van der Waals surface area contributed by atoms with Crippen LogP contribution < -0.4 is 0 Å². The van der Waals surface area contributed by atoms with Crippen LogP contribution in [-0.2, 0) is 16.6 Å². The van der Waals surface area contributed by atoms with Crippen molar-refractivity contribution in [2.24, 2.45) is 0 Å². The van der Waals surface area contributed by atoms with Gasteiger partial charge in [0.2, 0.25) is 10.0 Å².